The molecule has 1 aromatic heterocycles. The second-order valence-corrected chi connectivity index (χ2v) is 8.88. The van der Waals surface area contributed by atoms with Crippen molar-refractivity contribution in [2.75, 3.05) is 6.54 Å². The van der Waals surface area contributed by atoms with E-state index in [4.69, 9.17) is 0 Å². The van der Waals surface area contributed by atoms with Crippen LogP contribution in [0.4, 0.5) is 0 Å². The molecule has 0 unspecified atom stereocenters. The van der Waals surface area contributed by atoms with Gasteiger partial charge < -0.3 is 14.6 Å². The summed E-state index contributed by atoms with van der Waals surface area (Å²) in [5.41, 5.74) is 3.05. The molecule has 2 aromatic carbocycles. The van der Waals surface area contributed by atoms with Crippen LogP contribution in [0.15, 0.2) is 60.7 Å². The molecule has 3 atom stereocenters. The first-order chi connectivity index (χ1) is 14.7. The summed E-state index contributed by atoms with van der Waals surface area (Å²) in [6.45, 7) is 1.47. The van der Waals surface area contributed by atoms with Crippen LogP contribution >= 0.6 is 0 Å². The van der Waals surface area contributed by atoms with Crippen LogP contribution in [-0.4, -0.2) is 39.2 Å². The maximum Gasteiger partial charge on any atom is 0.270 e. The molecule has 1 saturated heterocycles. The smallest absolute Gasteiger partial charge is 0.270 e. The van der Waals surface area contributed by atoms with Gasteiger partial charge in [0.1, 0.15) is 5.69 Å². The van der Waals surface area contributed by atoms with Crippen molar-refractivity contribution in [1.82, 2.24) is 9.47 Å². The number of carbonyl (C=O) groups is 1. The Morgan fingerprint density at radius 1 is 0.933 bits per heavy atom. The molecule has 0 bridgehead atoms. The zero-order chi connectivity index (χ0) is 20.5. The van der Waals surface area contributed by atoms with Crippen molar-refractivity contribution >= 4 is 16.8 Å². The normalized spacial score (nSPS) is 24.4. The highest BCUT2D eigenvalue weighted by Crippen LogP contribution is 2.36. The Balaban J connectivity index is 1.50. The van der Waals surface area contributed by atoms with E-state index in [9.17, 15) is 9.90 Å². The predicted molar refractivity (Wildman–Crippen MR) is 120 cm³/mol. The summed E-state index contributed by atoms with van der Waals surface area (Å²) in [4.78, 5) is 15.9. The van der Waals surface area contributed by atoms with Gasteiger partial charge in [0.05, 0.1) is 6.10 Å². The molecule has 4 heteroatoms. The van der Waals surface area contributed by atoms with Gasteiger partial charge >= 0.3 is 0 Å². The first kappa shape index (κ1) is 19.4. The Morgan fingerprint density at radius 3 is 2.53 bits per heavy atom. The standard InChI is InChI=1S/C26H30N2O2/c29-25-15-7-5-12-21(25)23-14-8-16-27(23)26(30)24-17-20-11-4-6-13-22(20)28(24)18-19-9-2-1-3-10-19/h1-4,6,9-11,13,17,21,23,25,29H,5,7-8,12,14-16,18H2/t21-,23+,25-/m0/s1. The number of amides is 1. The fraction of sp³-hybridized carbons (Fsp3) is 0.423. The van der Waals surface area contributed by atoms with Crippen LogP contribution in [0.25, 0.3) is 10.9 Å². The van der Waals surface area contributed by atoms with Crippen LogP contribution in [0, 0.1) is 5.92 Å². The van der Waals surface area contributed by atoms with Crippen molar-refractivity contribution in [3.8, 4) is 0 Å². The van der Waals surface area contributed by atoms with Crippen LogP contribution in [0.2, 0.25) is 0 Å². The van der Waals surface area contributed by atoms with Gasteiger partial charge in [-0.2, -0.15) is 0 Å². The summed E-state index contributed by atoms with van der Waals surface area (Å²) >= 11 is 0. The molecule has 2 heterocycles. The number of rotatable bonds is 4. The highest BCUT2D eigenvalue weighted by Gasteiger charge is 2.40. The van der Waals surface area contributed by atoms with Crippen LogP contribution in [0.5, 0.6) is 0 Å². The van der Waals surface area contributed by atoms with E-state index in [1.165, 1.54) is 5.56 Å². The van der Waals surface area contributed by atoms with Gasteiger partial charge in [-0.3, -0.25) is 4.79 Å². The topological polar surface area (TPSA) is 45.5 Å². The van der Waals surface area contributed by atoms with Crippen LogP contribution in [0.3, 0.4) is 0 Å². The summed E-state index contributed by atoms with van der Waals surface area (Å²) in [7, 11) is 0. The molecule has 1 aliphatic heterocycles. The fourth-order valence-corrected chi connectivity index (χ4v) is 5.55. The average Bonchev–Trinajstić information content (AvgIpc) is 3.40. The highest BCUT2D eigenvalue weighted by atomic mass is 16.3. The molecule has 3 aromatic rings. The number of carbonyl (C=O) groups excluding carboxylic acids is 1. The Labute approximate surface area is 178 Å². The Hall–Kier alpha value is -2.59. The SMILES string of the molecule is O=C(c1cc2ccccc2n1Cc1ccccc1)N1CCC[C@@H]1[C@@H]1CCCC[C@@H]1O. The number of aromatic nitrogens is 1. The highest BCUT2D eigenvalue weighted by molar-refractivity contribution is 5.99. The van der Waals surface area contributed by atoms with E-state index in [0.717, 1.165) is 61.7 Å². The van der Waals surface area contributed by atoms with E-state index < -0.39 is 0 Å². The van der Waals surface area contributed by atoms with Gasteiger partial charge in [-0.25, -0.2) is 0 Å². The fourth-order valence-electron chi connectivity index (χ4n) is 5.55. The number of benzene rings is 2. The molecule has 1 amide bonds. The van der Waals surface area contributed by atoms with E-state index in [-0.39, 0.29) is 24.0 Å². The number of hydrogen-bond acceptors (Lipinski definition) is 2. The van der Waals surface area contributed by atoms with Crippen molar-refractivity contribution in [2.24, 2.45) is 5.92 Å². The maximum atomic E-state index is 13.8. The first-order valence-electron chi connectivity index (χ1n) is 11.3. The van der Waals surface area contributed by atoms with E-state index in [1.807, 2.05) is 36.4 Å². The van der Waals surface area contributed by atoms with Crippen molar-refractivity contribution < 1.29 is 9.90 Å². The zero-order valence-corrected chi connectivity index (χ0v) is 17.4. The monoisotopic (exact) mass is 402 g/mol. The van der Waals surface area contributed by atoms with Gasteiger partial charge in [-0.05, 0) is 43.4 Å². The molecule has 30 heavy (non-hydrogen) atoms. The van der Waals surface area contributed by atoms with E-state index >= 15 is 0 Å². The molecule has 1 saturated carbocycles. The number of para-hydroxylation sites is 1. The van der Waals surface area contributed by atoms with Gasteiger partial charge in [-0.15, -0.1) is 0 Å². The molecule has 1 N–H and O–H groups in total. The minimum Gasteiger partial charge on any atom is -0.393 e. The predicted octanol–water partition coefficient (Wildman–Crippen LogP) is 4.85. The summed E-state index contributed by atoms with van der Waals surface area (Å²) < 4.78 is 2.17. The van der Waals surface area contributed by atoms with Gasteiger partial charge in [0.25, 0.3) is 5.91 Å². The molecule has 0 radical (unpaired) electrons. The first-order valence-corrected chi connectivity index (χ1v) is 11.3. The lowest BCUT2D eigenvalue weighted by molar-refractivity contribution is 0.0208. The molecular formula is C26H30N2O2. The van der Waals surface area contributed by atoms with E-state index in [2.05, 4.69) is 33.7 Å². The second kappa shape index (κ2) is 8.27. The number of likely N-dealkylation sites (tertiary alicyclic amines) is 1. The van der Waals surface area contributed by atoms with Crippen LogP contribution < -0.4 is 0 Å². The van der Waals surface area contributed by atoms with E-state index in [1.54, 1.807) is 0 Å². The second-order valence-electron chi connectivity index (χ2n) is 8.88. The number of fused-ring (bicyclic) bond motifs is 1. The lowest BCUT2D eigenvalue weighted by atomic mass is 9.80. The Bertz CT molecular complexity index is 1030. The third-order valence-corrected chi connectivity index (χ3v) is 7.05. The molecule has 4 nitrogen and oxygen atoms in total. The van der Waals surface area contributed by atoms with Crippen molar-refractivity contribution in [3.63, 3.8) is 0 Å². The number of hydrogen-bond donors (Lipinski definition) is 1. The van der Waals surface area contributed by atoms with E-state index in [0.29, 0.717) is 6.54 Å². The Kier molecular flexibility index (Phi) is 5.34. The molecular weight excluding hydrogens is 372 g/mol. The number of nitrogens with zero attached hydrogens (tertiary/aromatic N) is 2. The van der Waals surface area contributed by atoms with Crippen LogP contribution in [-0.2, 0) is 6.54 Å². The number of aliphatic hydroxyl groups excluding tert-OH is 1. The summed E-state index contributed by atoms with van der Waals surface area (Å²) in [6, 6.07) is 20.8. The maximum absolute atomic E-state index is 13.8. The summed E-state index contributed by atoms with van der Waals surface area (Å²) in [5.74, 6) is 0.333. The summed E-state index contributed by atoms with van der Waals surface area (Å²) in [6.07, 6.45) is 5.93. The van der Waals surface area contributed by atoms with Gasteiger partial charge in [0.2, 0.25) is 0 Å². The Morgan fingerprint density at radius 2 is 1.70 bits per heavy atom. The minimum absolute atomic E-state index is 0.113. The van der Waals surface area contributed by atoms with Crippen molar-refractivity contribution in [1.29, 1.82) is 0 Å². The average molecular weight is 403 g/mol. The van der Waals surface area contributed by atoms with Gasteiger partial charge in [0.15, 0.2) is 0 Å². The molecule has 5 rings (SSSR count). The van der Waals surface area contributed by atoms with Gasteiger partial charge in [0, 0.05) is 36.0 Å². The third-order valence-electron chi connectivity index (χ3n) is 7.05. The quantitative estimate of drug-likeness (QED) is 0.678. The van der Waals surface area contributed by atoms with Crippen LogP contribution in [0.1, 0.15) is 54.6 Å². The largest absolute Gasteiger partial charge is 0.393 e. The lowest BCUT2D eigenvalue weighted by Gasteiger charge is -2.37. The van der Waals surface area contributed by atoms with Gasteiger partial charge in [-0.1, -0.05) is 61.4 Å². The molecule has 156 valence electrons. The molecule has 0 spiro atoms. The molecule has 1 aliphatic carbocycles. The summed E-state index contributed by atoms with van der Waals surface area (Å²) in [5, 5.41) is 11.7. The van der Waals surface area contributed by atoms with Crippen molar-refractivity contribution in [3.05, 3.63) is 71.9 Å². The molecule has 2 fully saturated rings. The lowest BCUT2D eigenvalue weighted by Crippen LogP contribution is -2.45. The third kappa shape index (κ3) is 3.54. The number of aliphatic hydroxyl groups is 1. The minimum atomic E-state index is -0.271. The van der Waals surface area contributed by atoms with Crippen molar-refractivity contribution in [2.45, 2.75) is 57.2 Å². The molecule has 2 aliphatic rings. The zero-order valence-electron chi connectivity index (χ0n) is 17.4.